The van der Waals surface area contributed by atoms with E-state index < -0.39 is 5.97 Å². The number of aromatic nitrogens is 2. The van der Waals surface area contributed by atoms with Crippen molar-refractivity contribution in [2.45, 2.75) is 19.8 Å². The zero-order chi connectivity index (χ0) is 10.4. The van der Waals surface area contributed by atoms with Crippen LogP contribution in [0.2, 0.25) is 0 Å². The van der Waals surface area contributed by atoms with Crippen molar-refractivity contribution in [3.05, 3.63) is 22.7 Å². The molecule has 0 atom stereocenters. The van der Waals surface area contributed by atoms with Gasteiger partial charge in [-0.25, -0.2) is 14.8 Å². The van der Waals surface area contributed by atoms with E-state index in [2.05, 4.69) is 25.9 Å². The molecule has 1 aromatic heterocycles. The smallest absolute Gasteiger partial charge is 0.358 e. The van der Waals surface area contributed by atoms with Crippen LogP contribution in [0.5, 0.6) is 0 Å². The molecule has 0 amide bonds. The van der Waals surface area contributed by atoms with Crippen molar-refractivity contribution in [2.75, 3.05) is 6.61 Å². The Morgan fingerprint density at radius 2 is 2.29 bits per heavy atom. The molecule has 76 valence electrons. The zero-order valence-corrected chi connectivity index (χ0v) is 9.45. The molecule has 14 heavy (non-hydrogen) atoms. The van der Waals surface area contributed by atoms with Crippen molar-refractivity contribution >= 4 is 21.9 Å². The maximum Gasteiger partial charge on any atom is 0.358 e. The minimum absolute atomic E-state index is 0.240. The number of unbranched alkanes of at least 4 members (excludes halogenated alkanes) is 1. The van der Waals surface area contributed by atoms with Gasteiger partial charge in [0, 0.05) is 0 Å². The third-order valence-corrected chi connectivity index (χ3v) is 1.97. The lowest BCUT2D eigenvalue weighted by Gasteiger charge is -2.02. The van der Waals surface area contributed by atoms with Crippen LogP contribution in [0.3, 0.4) is 0 Å². The largest absolute Gasteiger partial charge is 0.461 e. The molecule has 0 unspecified atom stereocenters. The van der Waals surface area contributed by atoms with Gasteiger partial charge in [0.15, 0.2) is 5.69 Å². The quantitative estimate of drug-likeness (QED) is 0.614. The van der Waals surface area contributed by atoms with Crippen LogP contribution < -0.4 is 0 Å². The second-order valence-electron chi connectivity index (χ2n) is 2.71. The molecule has 0 aliphatic rings. The van der Waals surface area contributed by atoms with Crippen LogP contribution in [0.4, 0.5) is 0 Å². The summed E-state index contributed by atoms with van der Waals surface area (Å²) >= 11 is 3.13. The van der Waals surface area contributed by atoms with Crippen LogP contribution in [-0.2, 0) is 4.74 Å². The normalized spacial score (nSPS) is 9.86. The highest BCUT2D eigenvalue weighted by molar-refractivity contribution is 9.10. The number of carbonyl (C=O) groups excluding carboxylic acids is 1. The number of carbonyl (C=O) groups is 1. The summed E-state index contributed by atoms with van der Waals surface area (Å²) in [6, 6.07) is 0. The Hall–Kier alpha value is -0.970. The predicted octanol–water partition coefficient (Wildman–Crippen LogP) is 2.20. The van der Waals surface area contributed by atoms with Crippen LogP contribution in [0, 0.1) is 0 Å². The third-order valence-electron chi connectivity index (χ3n) is 1.56. The molecule has 1 heterocycles. The summed E-state index contributed by atoms with van der Waals surface area (Å²) < 4.78 is 5.55. The van der Waals surface area contributed by atoms with Gasteiger partial charge in [0.2, 0.25) is 0 Å². The molecule has 0 aromatic carbocycles. The molecule has 0 saturated heterocycles. The molecule has 4 nitrogen and oxygen atoms in total. The van der Waals surface area contributed by atoms with Gasteiger partial charge in [-0.3, -0.25) is 0 Å². The molecule has 1 rings (SSSR count). The summed E-state index contributed by atoms with van der Waals surface area (Å²) in [5, 5.41) is 0. The van der Waals surface area contributed by atoms with Crippen molar-refractivity contribution in [3.63, 3.8) is 0 Å². The van der Waals surface area contributed by atoms with Crippen LogP contribution in [0.15, 0.2) is 17.0 Å². The topological polar surface area (TPSA) is 52.1 Å². The van der Waals surface area contributed by atoms with Gasteiger partial charge in [0.25, 0.3) is 0 Å². The van der Waals surface area contributed by atoms with Crippen molar-refractivity contribution < 1.29 is 9.53 Å². The Labute approximate surface area is 90.8 Å². The van der Waals surface area contributed by atoms with Crippen LogP contribution in [0.25, 0.3) is 0 Å². The van der Waals surface area contributed by atoms with Crippen molar-refractivity contribution in [2.24, 2.45) is 0 Å². The van der Waals surface area contributed by atoms with Gasteiger partial charge in [-0.05, 0) is 22.4 Å². The van der Waals surface area contributed by atoms with E-state index in [4.69, 9.17) is 4.74 Å². The highest BCUT2D eigenvalue weighted by Crippen LogP contribution is 2.04. The highest BCUT2D eigenvalue weighted by Gasteiger charge is 2.08. The van der Waals surface area contributed by atoms with Gasteiger partial charge in [0.1, 0.15) is 4.60 Å². The van der Waals surface area contributed by atoms with Crippen molar-refractivity contribution in [3.8, 4) is 0 Å². The number of hydrogen-bond acceptors (Lipinski definition) is 4. The predicted molar refractivity (Wildman–Crippen MR) is 54.9 cm³/mol. The van der Waals surface area contributed by atoms with Crippen LogP contribution >= 0.6 is 15.9 Å². The van der Waals surface area contributed by atoms with E-state index >= 15 is 0 Å². The molecule has 0 aliphatic heterocycles. The minimum atomic E-state index is -0.418. The van der Waals surface area contributed by atoms with Crippen LogP contribution in [-0.4, -0.2) is 22.5 Å². The maximum atomic E-state index is 11.3. The Morgan fingerprint density at radius 3 is 2.86 bits per heavy atom. The Bertz CT molecular complexity index is 300. The molecule has 0 saturated carbocycles. The number of ether oxygens (including phenoxy) is 1. The van der Waals surface area contributed by atoms with Gasteiger partial charge >= 0.3 is 5.97 Å². The van der Waals surface area contributed by atoms with Crippen LogP contribution in [0.1, 0.15) is 30.3 Å². The van der Waals surface area contributed by atoms with Crippen molar-refractivity contribution in [1.29, 1.82) is 0 Å². The fraction of sp³-hybridized carbons (Fsp3) is 0.444. The first-order chi connectivity index (χ1) is 6.74. The van der Waals surface area contributed by atoms with Gasteiger partial charge in [-0.2, -0.15) is 0 Å². The average molecular weight is 259 g/mol. The summed E-state index contributed by atoms with van der Waals surface area (Å²) in [7, 11) is 0. The summed E-state index contributed by atoms with van der Waals surface area (Å²) in [5.74, 6) is -0.418. The first-order valence-electron chi connectivity index (χ1n) is 4.38. The SMILES string of the molecule is CCCCOC(=O)c1cnc(Br)cn1. The molecule has 5 heteroatoms. The van der Waals surface area contributed by atoms with E-state index in [1.54, 1.807) is 0 Å². The lowest BCUT2D eigenvalue weighted by molar-refractivity contribution is 0.0492. The lowest BCUT2D eigenvalue weighted by atomic mass is 10.4. The second kappa shape index (κ2) is 5.70. The summed E-state index contributed by atoms with van der Waals surface area (Å²) in [6.45, 7) is 2.47. The molecular weight excluding hydrogens is 248 g/mol. The third kappa shape index (κ3) is 3.41. The zero-order valence-electron chi connectivity index (χ0n) is 7.86. The second-order valence-corrected chi connectivity index (χ2v) is 3.53. The Kier molecular flexibility index (Phi) is 4.52. The van der Waals surface area contributed by atoms with Gasteiger partial charge < -0.3 is 4.74 Å². The van der Waals surface area contributed by atoms with E-state index in [0.717, 1.165) is 12.8 Å². The summed E-state index contributed by atoms with van der Waals surface area (Å²) in [6.07, 6.45) is 4.73. The standard InChI is InChI=1S/C9H11BrN2O2/c1-2-3-4-14-9(13)7-5-12-8(10)6-11-7/h5-6H,2-4H2,1H3. The number of rotatable bonds is 4. The van der Waals surface area contributed by atoms with E-state index in [0.29, 0.717) is 11.2 Å². The number of halogens is 1. The summed E-state index contributed by atoms with van der Waals surface area (Å²) in [5.41, 5.74) is 0.240. The number of hydrogen-bond donors (Lipinski definition) is 0. The van der Waals surface area contributed by atoms with Crippen molar-refractivity contribution in [1.82, 2.24) is 9.97 Å². The van der Waals surface area contributed by atoms with E-state index in [1.165, 1.54) is 12.4 Å². The first-order valence-corrected chi connectivity index (χ1v) is 5.18. The molecule has 0 bridgehead atoms. The highest BCUT2D eigenvalue weighted by atomic mass is 79.9. The van der Waals surface area contributed by atoms with E-state index in [-0.39, 0.29) is 5.69 Å². The molecular formula is C9H11BrN2O2. The van der Waals surface area contributed by atoms with E-state index in [9.17, 15) is 4.79 Å². The summed E-state index contributed by atoms with van der Waals surface area (Å²) in [4.78, 5) is 19.0. The van der Waals surface area contributed by atoms with Gasteiger partial charge in [-0.1, -0.05) is 13.3 Å². The number of nitrogens with zero attached hydrogens (tertiary/aromatic N) is 2. The maximum absolute atomic E-state index is 11.3. The van der Waals surface area contributed by atoms with E-state index in [1.807, 2.05) is 6.92 Å². The fourth-order valence-corrected chi connectivity index (χ4v) is 1.01. The molecule has 0 radical (unpaired) electrons. The lowest BCUT2D eigenvalue weighted by Crippen LogP contribution is -2.08. The molecule has 1 aromatic rings. The number of esters is 1. The molecule has 0 aliphatic carbocycles. The molecule has 0 spiro atoms. The monoisotopic (exact) mass is 258 g/mol. The Morgan fingerprint density at radius 1 is 1.50 bits per heavy atom. The Balaban J connectivity index is 2.48. The average Bonchev–Trinajstić information content (AvgIpc) is 2.19. The van der Waals surface area contributed by atoms with Gasteiger partial charge in [-0.15, -0.1) is 0 Å². The molecule has 0 fully saturated rings. The fourth-order valence-electron chi connectivity index (χ4n) is 0.801. The first kappa shape index (κ1) is 11.1. The molecule has 0 N–H and O–H groups in total. The van der Waals surface area contributed by atoms with Gasteiger partial charge in [0.05, 0.1) is 19.0 Å². The minimum Gasteiger partial charge on any atom is -0.461 e.